The van der Waals surface area contributed by atoms with Crippen molar-refractivity contribution in [1.82, 2.24) is 10.6 Å². The maximum atomic E-state index is 12.2. The predicted octanol–water partition coefficient (Wildman–Crippen LogP) is 3.50. The van der Waals surface area contributed by atoms with Gasteiger partial charge in [0.05, 0.1) is 12.8 Å². The average molecular weight is 335 g/mol. The molecule has 3 rings (SSSR count). The summed E-state index contributed by atoms with van der Waals surface area (Å²) >= 11 is 0. The number of amides is 1. The molecule has 0 saturated heterocycles. The summed E-state index contributed by atoms with van der Waals surface area (Å²) < 4.78 is 10.3. The van der Waals surface area contributed by atoms with Gasteiger partial charge >= 0.3 is 0 Å². The first-order valence-corrected chi connectivity index (χ1v) is 7.68. The molecule has 0 unspecified atom stereocenters. The molecule has 0 aliphatic rings. The second-order valence-corrected chi connectivity index (χ2v) is 5.31. The fourth-order valence-corrected chi connectivity index (χ4v) is 2.21. The van der Waals surface area contributed by atoms with E-state index in [0.29, 0.717) is 11.5 Å². The van der Waals surface area contributed by atoms with E-state index >= 15 is 0 Å². The maximum absolute atomic E-state index is 12.2. The predicted molar refractivity (Wildman–Crippen MR) is 94.6 cm³/mol. The Morgan fingerprint density at radius 3 is 2.52 bits per heavy atom. The van der Waals surface area contributed by atoms with Gasteiger partial charge in [-0.25, -0.2) is 5.43 Å². The number of hydrogen-bond acceptors (Lipinski definition) is 5. The van der Waals surface area contributed by atoms with Crippen molar-refractivity contribution in [1.29, 1.82) is 0 Å². The summed E-state index contributed by atoms with van der Waals surface area (Å²) in [7, 11) is 1.61. The Kier molecular flexibility index (Phi) is 4.89. The van der Waals surface area contributed by atoms with Crippen LogP contribution in [0, 0.1) is 0 Å². The van der Waals surface area contributed by atoms with Crippen molar-refractivity contribution in [3.8, 4) is 17.1 Å². The van der Waals surface area contributed by atoms with Gasteiger partial charge in [-0.1, -0.05) is 35.5 Å². The minimum Gasteiger partial charge on any atom is -0.497 e. The van der Waals surface area contributed by atoms with Crippen molar-refractivity contribution in [3.63, 3.8) is 0 Å². The van der Waals surface area contributed by atoms with Crippen molar-refractivity contribution in [2.45, 2.75) is 6.92 Å². The molecule has 0 atom stereocenters. The molecule has 0 saturated carbocycles. The van der Waals surface area contributed by atoms with Crippen LogP contribution in [0.4, 0.5) is 0 Å². The van der Waals surface area contributed by atoms with Gasteiger partial charge in [0, 0.05) is 11.6 Å². The molecule has 25 heavy (non-hydrogen) atoms. The first-order chi connectivity index (χ1) is 12.2. The number of benzene rings is 2. The summed E-state index contributed by atoms with van der Waals surface area (Å²) in [5.41, 5.74) is 5.06. The number of hydrazone groups is 1. The molecule has 1 aromatic heterocycles. The second kappa shape index (κ2) is 7.44. The fraction of sp³-hybridized carbons (Fsp3) is 0.105. The lowest BCUT2D eigenvalue weighted by Crippen LogP contribution is -2.19. The summed E-state index contributed by atoms with van der Waals surface area (Å²) in [6, 6.07) is 18.4. The largest absolute Gasteiger partial charge is 0.497 e. The van der Waals surface area contributed by atoms with E-state index in [2.05, 4.69) is 15.7 Å². The number of hydrogen-bond donors (Lipinski definition) is 1. The van der Waals surface area contributed by atoms with Crippen LogP contribution < -0.4 is 10.2 Å². The van der Waals surface area contributed by atoms with Crippen LogP contribution in [-0.2, 0) is 0 Å². The number of carbonyl (C=O) groups is 1. The zero-order valence-corrected chi connectivity index (χ0v) is 13.9. The summed E-state index contributed by atoms with van der Waals surface area (Å²) in [6.07, 6.45) is 0. The van der Waals surface area contributed by atoms with Crippen molar-refractivity contribution in [2.24, 2.45) is 5.10 Å². The quantitative estimate of drug-likeness (QED) is 0.572. The SMILES string of the molecule is COc1ccc(C(C)=NNC(=O)c2cc(-c3ccccc3)on2)cc1. The van der Waals surface area contributed by atoms with Gasteiger partial charge in [-0.2, -0.15) is 5.10 Å². The molecule has 0 spiro atoms. The molecule has 6 nitrogen and oxygen atoms in total. The molecular formula is C19H17N3O3. The summed E-state index contributed by atoms with van der Waals surface area (Å²) in [6.45, 7) is 1.81. The van der Waals surface area contributed by atoms with Crippen LogP contribution in [0.2, 0.25) is 0 Å². The number of carbonyl (C=O) groups excluding carboxylic acids is 1. The Balaban J connectivity index is 1.68. The normalized spacial score (nSPS) is 11.2. The van der Waals surface area contributed by atoms with Gasteiger partial charge in [0.1, 0.15) is 5.75 Å². The topological polar surface area (TPSA) is 76.7 Å². The third-order valence-electron chi connectivity index (χ3n) is 3.63. The highest BCUT2D eigenvalue weighted by atomic mass is 16.5. The Morgan fingerprint density at radius 2 is 1.84 bits per heavy atom. The van der Waals surface area contributed by atoms with E-state index in [0.717, 1.165) is 16.9 Å². The molecule has 6 heteroatoms. The number of rotatable bonds is 5. The monoisotopic (exact) mass is 335 g/mol. The molecule has 1 heterocycles. The molecular weight excluding hydrogens is 318 g/mol. The fourth-order valence-electron chi connectivity index (χ4n) is 2.21. The van der Waals surface area contributed by atoms with Crippen LogP contribution >= 0.6 is 0 Å². The van der Waals surface area contributed by atoms with Crippen molar-refractivity contribution >= 4 is 11.6 Å². The van der Waals surface area contributed by atoms with Crippen LogP contribution in [-0.4, -0.2) is 23.9 Å². The minimum absolute atomic E-state index is 0.171. The molecule has 3 aromatic rings. The number of ether oxygens (including phenoxy) is 1. The van der Waals surface area contributed by atoms with Gasteiger partial charge in [-0.3, -0.25) is 4.79 Å². The molecule has 1 N–H and O–H groups in total. The standard InChI is InChI=1S/C19H17N3O3/c1-13(14-8-10-16(24-2)11-9-14)20-21-19(23)17-12-18(25-22-17)15-6-4-3-5-7-15/h3-12H,1-2H3,(H,21,23). The Labute approximate surface area is 145 Å². The van der Waals surface area contributed by atoms with Crippen LogP contribution in [0.15, 0.2) is 70.3 Å². The Morgan fingerprint density at radius 1 is 1.12 bits per heavy atom. The van der Waals surface area contributed by atoms with E-state index in [1.807, 2.05) is 54.6 Å². The molecule has 0 radical (unpaired) electrons. The number of methoxy groups -OCH3 is 1. The van der Waals surface area contributed by atoms with Gasteiger partial charge in [0.25, 0.3) is 5.91 Å². The van der Waals surface area contributed by atoms with Crippen molar-refractivity contribution < 1.29 is 14.1 Å². The zero-order valence-electron chi connectivity index (χ0n) is 13.9. The number of aromatic nitrogens is 1. The van der Waals surface area contributed by atoms with Crippen LogP contribution in [0.5, 0.6) is 5.75 Å². The van der Waals surface area contributed by atoms with E-state index in [1.165, 1.54) is 0 Å². The minimum atomic E-state index is -0.432. The third-order valence-corrected chi connectivity index (χ3v) is 3.63. The first-order valence-electron chi connectivity index (χ1n) is 7.68. The molecule has 2 aromatic carbocycles. The van der Waals surface area contributed by atoms with E-state index in [9.17, 15) is 4.79 Å². The van der Waals surface area contributed by atoms with Crippen LogP contribution in [0.3, 0.4) is 0 Å². The van der Waals surface area contributed by atoms with Gasteiger partial charge < -0.3 is 9.26 Å². The molecule has 0 fully saturated rings. The number of nitrogens with one attached hydrogen (secondary N) is 1. The lowest BCUT2D eigenvalue weighted by atomic mass is 10.1. The Hall–Kier alpha value is -3.41. The van der Waals surface area contributed by atoms with Gasteiger partial charge in [-0.15, -0.1) is 0 Å². The van der Waals surface area contributed by atoms with Gasteiger partial charge in [0.2, 0.25) is 0 Å². The van der Waals surface area contributed by atoms with Gasteiger partial charge in [0.15, 0.2) is 11.5 Å². The lowest BCUT2D eigenvalue weighted by molar-refractivity contribution is 0.0946. The maximum Gasteiger partial charge on any atom is 0.293 e. The summed E-state index contributed by atoms with van der Waals surface area (Å²) in [5, 5.41) is 7.90. The highest BCUT2D eigenvalue weighted by Gasteiger charge is 2.13. The molecule has 0 aliphatic heterocycles. The summed E-state index contributed by atoms with van der Waals surface area (Å²) in [4.78, 5) is 12.2. The average Bonchev–Trinajstić information content (AvgIpc) is 3.17. The van der Waals surface area contributed by atoms with Crippen molar-refractivity contribution in [2.75, 3.05) is 7.11 Å². The highest BCUT2D eigenvalue weighted by Crippen LogP contribution is 2.19. The van der Waals surface area contributed by atoms with Crippen molar-refractivity contribution in [3.05, 3.63) is 71.9 Å². The molecule has 1 amide bonds. The first kappa shape index (κ1) is 16.4. The van der Waals surface area contributed by atoms with E-state index < -0.39 is 5.91 Å². The lowest BCUT2D eigenvalue weighted by Gasteiger charge is -2.03. The van der Waals surface area contributed by atoms with Crippen LogP contribution in [0.1, 0.15) is 23.0 Å². The third kappa shape index (κ3) is 3.92. The highest BCUT2D eigenvalue weighted by molar-refractivity contribution is 6.00. The van der Waals surface area contributed by atoms with E-state index in [4.69, 9.17) is 9.26 Å². The van der Waals surface area contributed by atoms with E-state index in [1.54, 1.807) is 20.1 Å². The summed E-state index contributed by atoms with van der Waals surface area (Å²) in [5.74, 6) is 0.858. The molecule has 0 bridgehead atoms. The number of nitrogens with zero attached hydrogens (tertiary/aromatic N) is 2. The smallest absolute Gasteiger partial charge is 0.293 e. The zero-order chi connectivity index (χ0) is 17.6. The molecule has 126 valence electrons. The van der Waals surface area contributed by atoms with Crippen LogP contribution in [0.25, 0.3) is 11.3 Å². The second-order valence-electron chi connectivity index (χ2n) is 5.31. The van der Waals surface area contributed by atoms with E-state index in [-0.39, 0.29) is 5.69 Å². The Bertz CT molecular complexity index is 884. The van der Waals surface area contributed by atoms with Gasteiger partial charge in [-0.05, 0) is 36.8 Å². The molecule has 0 aliphatic carbocycles.